The largest absolute Gasteiger partial charge is 0.320 e. The van der Waals surface area contributed by atoms with Gasteiger partial charge in [-0.2, -0.15) is 0 Å². The molecule has 1 aliphatic heterocycles. The Labute approximate surface area is 46.9 Å². The van der Waals surface area contributed by atoms with Crippen LogP contribution in [0.4, 0.5) is 0 Å². The number of amides is 1. The van der Waals surface area contributed by atoms with Gasteiger partial charge < -0.3 is 5.73 Å². The van der Waals surface area contributed by atoms with E-state index in [-0.39, 0.29) is 11.9 Å². The SMILES string of the molecule is N[C@@H]1CCONC1=O. The van der Waals surface area contributed by atoms with E-state index in [4.69, 9.17) is 5.73 Å². The molecule has 1 fully saturated rings. The normalized spacial score (nSPS) is 29.6. The summed E-state index contributed by atoms with van der Waals surface area (Å²) >= 11 is 0. The molecule has 1 rings (SSSR count). The highest BCUT2D eigenvalue weighted by Gasteiger charge is 2.17. The molecule has 4 heteroatoms. The summed E-state index contributed by atoms with van der Waals surface area (Å²) in [6.45, 7) is 0.521. The molecule has 3 N–H and O–H groups in total. The zero-order valence-corrected chi connectivity index (χ0v) is 4.39. The number of hydrogen-bond donors (Lipinski definition) is 2. The van der Waals surface area contributed by atoms with E-state index in [1.165, 1.54) is 0 Å². The van der Waals surface area contributed by atoms with Crippen LogP contribution < -0.4 is 11.2 Å². The van der Waals surface area contributed by atoms with Gasteiger partial charge in [0.05, 0.1) is 12.6 Å². The third-order valence-electron chi connectivity index (χ3n) is 1.04. The third-order valence-corrected chi connectivity index (χ3v) is 1.04. The van der Waals surface area contributed by atoms with Crippen LogP contribution in [0.1, 0.15) is 6.42 Å². The fourth-order valence-electron chi connectivity index (χ4n) is 0.515. The molecule has 0 aromatic heterocycles. The van der Waals surface area contributed by atoms with E-state index in [1.807, 2.05) is 0 Å². The number of carbonyl (C=O) groups excluding carboxylic acids is 1. The smallest absolute Gasteiger partial charge is 0.260 e. The van der Waals surface area contributed by atoms with Crippen molar-refractivity contribution in [1.82, 2.24) is 5.48 Å². The molecule has 46 valence electrons. The van der Waals surface area contributed by atoms with Gasteiger partial charge in [-0.3, -0.25) is 9.63 Å². The van der Waals surface area contributed by atoms with Crippen molar-refractivity contribution < 1.29 is 9.63 Å². The van der Waals surface area contributed by atoms with E-state index in [0.29, 0.717) is 13.0 Å². The van der Waals surface area contributed by atoms with Crippen LogP contribution >= 0.6 is 0 Å². The molecular weight excluding hydrogens is 108 g/mol. The highest BCUT2D eigenvalue weighted by atomic mass is 16.7. The minimum absolute atomic E-state index is 0.226. The van der Waals surface area contributed by atoms with Crippen molar-refractivity contribution in [3.05, 3.63) is 0 Å². The minimum Gasteiger partial charge on any atom is -0.320 e. The zero-order valence-electron chi connectivity index (χ0n) is 4.39. The Morgan fingerprint density at radius 1 is 1.88 bits per heavy atom. The quantitative estimate of drug-likeness (QED) is 0.416. The van der Waals surface area contributed by atoms with Crippen molar-refractivity contribution in [2.24, 2.45) is 5.73 Å². The standard InChI is InChI=1S/C4H8N2O2/c5-3-1-2-8-6-4(3)7/h3H,1-2,5H2,(H,6,7)/t3-/m1/s1. The Kier molecular flexibility index (Phi) is 1.45. The van der Waals surface area contributed by atoms with Gasteiger partial charge in [-0.15, -0.1) is 0 Å². The van der Waals surface area contributed by atoms with Gasteiger partial charge in [0.25, 0.3) is 5.91 Å². The second-order valence-corrected chi connectivity index (χ2v) is 1.71. The lowest BCUT2D eigenvalue weighted by molar-refractivity contribution is -0.140. The second kappa shape index (κ2) is 2.11. The summed E-state index contributed by atoms with van der Waals surface area (Å²) in [6.07, 6.45) is 0.617. The van der Waals surface area contributed by atoms with Crippen LogP contribution in [0, 0.1) is 0 Å². The molecule has 1 heterocycles. The predicted molar refractivity (Wildman–Crippen MR) is 26.7 cm³/mol. The van der Waals surface area contributed by atoms with E-state index >= 15 is 0 Å². The molecule has 1 amide bonds. The fraction of sp³-hybridized carbons (Fsp3) is 0.750. The van der Waals surface area contributed by atoms with E-state index in [0.717, 1.165) is 0 Å². The number of rotatable bonds is 0. The lowest BCUT2D eigenvalue weighted by Gasteiger charge is -2.16. The summed E-state index contributed by atoms with van der Waals surface area (Å²) in [5.41, 5.74) is 7.45. The Bertz CT molecular complexity index is 104. The van der Waals surface area contributed by atoms with Crippen LogP contribution in [0.15, 0.2) is 0 Å². The molecule has 0 aromatic carbocycles. The Morgan fingerprint density at radius 3 is 3.00 bits per heavy atom. The third kappa shape index (κ3) is 0.962. The highest BCUT2D eigenvalue weighted by molar-refractivity contribution is 5.80. The number of nitrogens with two attached hydrogens (primary N) is 1. The first kappa shape index (κ1) is 5.53. The van der Waals surface area contributed by atoms with Gasteiger partial charge in [-0.05, 0) is 6.42 Å². The van der Waals surface area contributed by atoms with Crippen molar-refractivity contribution >= 4 is 5.91 Å². The van der Waals surface area contributed by atoms with E-state index in [9.17, 15) is 4.79 Å². The minimum atomic E-state index is -0.372. The van der Waals surface area contributed by atoms with Gasteiger partial charge in [-0.1, -0.05) is 0 Å². The first-order valence-electron chi connectivity index (χ1n) is 2.48. The van der Waals surface area contributed by atoms with Crippen LogP contribution in [0.25, 0.3) is 0 Å². The molecule has 0 unspecified atom stereocenters. The molecule has 1 atom stereocenters. The zero-order chi connectivity index (χ0) is 5.98. The number of hydroxylamine groups is 1. The molecule has 1 aliphatic rings. The average Bonchev–Trinajstić information content (AvgIpc) is 1.77. The van der Waals surface area contributed by atoms with Crippen LogP contribution in [0.3, 0.4) is 0 Å². The lowest BCUT2D eigenvalue weighted by atomic mass is 10.2. The average molecular weight is 116 g/mol. The molecule has 0 spiro atoms. The van der Waals surface area contributed by atoms with Crippen molar-refractivity contribution in [3.8, 4) is 0 Å². The lowest BCUT2D eigenvalue weighted by Crippen LogP contribution is -2.45. The predicted octanol–water partition coefficient (Wildman–Crippen LogP) is -1.23. The molecule has 0 bridgehead atoms. The maximum Gasteiger partial charge on any atom is 0.260 e. The van der Waals surface area contributed by atoms with E-state index < -0.39 is 0 Å². The fourth-order valence-corrected chi connectivity index (χ4v) is 0.515. The maximum atomic E-state index is 10.4. The van der Waals surface area contributed by atoms with Gasteiger partial charge in [0.2, 0.25) is 0 Å². The number of carbonyl (C=O) groups is 1. The number of nitrogens with one attached hydrogen (secondary N) is 1. The Morgan fingerprint density at radius 2 is 2.62 bits per heavy atom. The van der Waals surface area contributed by atoms with Gasteiger partial charge in [0.1, 0.15) is 0 Å². The van der Waals surface area contributed by atoms with E-state index in [1.54, 1.807) is 0 Å². The molecular formula is C4H8N2O2. The Balaban J connectivity index is 2.39. The second-order valence-electron chi connectivity index (χ2n) is 1.71. The molecule has 0 saturated carbocycles. The molecule has 0 aromatic rings. The first-order chi connectivity index (χ1) is 3.80. The first-order valence-corrected chi connectivity index (χ1v) is 2.48. The van der Waals surface area contributed by atoms with E-state index in [2.05, 4.69) is 10.3 Å². The molecule has 0 aliphatic carbocycles. The van der Waals surface area contributed by atoms with Crippen LogP contribution in [-0.2, 0) is 9.63 Å². The summed E-state index contributed by atoms with van der Waals surface area (Å²) in [5, 5.41) is 0. The van der Waals surface area contributed by atoms with Crippen molar-refractivity contribution in [2.75, 3.05) is 6.61 Å². The number of hydrogen-bond acceptors (Lipinski definition) is 3. The molecule has 8 heavy (non-hydrogen) atoms. The van der Waals surface area contributed by atoms with Gasteiger partial charge in [0, 0.05) is 0 Å². The monoisotopic (exact) mass is 116 g/mol. The maximum absolute atomic E-state index is 10.4. The summed E-state index contributed by atoms with van der Waals surface area (Å²) in [4.78, 5) is 15.0. The molecule has 1 saturated heterocycles. The Hall–Kier alpha value is -0.610. The summed E-state index contributed by atoms with van der Waals surface area (Å²) < 4.78 is 0. The van der Waals surface area contributed by atoms with Gasteiger partial charge in [-0.25, -0.2) is 5.48 Å². The van der Waals surface area contributed by atoms with Crippen molar-refractivity contribution in [2.45, 2.75) is 12.5 Å². The molecule has 0 radical (unpaired) electrons. The van der Waals surface area contributed by atoms with Crippen LogP contribution in [0.5, 0.6) is 0 Å². The van der Waals surface area contributed by atoms with Crippen molar-refractivity contribution in [3.63, 3.8) is 0 Å². The summed E-state index contributed by atoms with van der Waals surface area (Å²) in [7, 11) is 0. The topological polar surface area (TPSA) is 64.3 Å². The molecule has 4 nitrogen and oxygen atoms in total. The highest BCUT2D eigenvalue weighted by Crippen LogP contribution is 1.93. The van der Waals surface area contributed by atoms with Crippen molar-refractivity contribution in [1.29, 1.82) is 0 Å². The van der Waals surface area contributed by atoms with Crippen LogP contribution in [0.2, 0.25) is 0 Å². The van der Waals surface area contributed by atoms with Crippen LogP contribution in [-0.4, -0.2) is 18.6 Å². The van der Waals surface area contributed by atoms with Gasteiger partial charge in [0.15, 0.2) is 0 Å². The van der Waals surface area contributed by atoms with Gasteiger partial charge >= 0.3 is 0 Å². The summed E-state index contributed by atoms with van der Waals surface area (Å²) in [6, 6.07) is -0.372. The summed E-state index contributed by atoms with van der Waals surface area (Å²) in [5.74, 6) is -0.226.